The quantitative estimate of drug-likeness (QED) is 0.375. The van der Waals surface area contributed by atoms with Crippen LogP contribution in [0, 0.1) is 5.92 Å². The van der Waals surface area contributed by atoms with E-state index in [-0.39, 0.29) is 17.7 Å². The van der Waals surface area contributed by atoms with Crippen molar-refractivity contribution in [3.8, 4) is 0 Å². The highest BCUT2D eigenvalue weighted by Gasteiger charge is 2.29. The van der Waals surface area contributed by atoms with Crippen molar-refractivity contribution in [3.63, 3.8) is 0 Å². The van der Waals surface area contributed by atoms with Crippen LogP contribution in [0.25, 0.3) is 0 Å². The van der Waals surface area contributed by atoms with Crippen LogP contribution >= 0.6 is 0 Å². The molecule has 0 spiro atoms. The van der Waals surface area contributed by atoms with E-state index in [0.29, 0.717) is 0 Å². The number of nitrogens with one attached hydrogen (secondary N) is 2. The third kappa shape index (κ3) is 6.54. The summed E-state index contributed by atoms with van der Waals surface area (Å²) in [5, 5.41) is 7.05. The minimum absolute atomic E-state index is 0.120. The van der Waals surface area contributed by atoms with E-state index in [2.05, 4.69) is 15.8 Å². The summed E-state index contributed by atoms with van der Waals surface area (Å²) in [7, 11) is 3.95. The van der Waals surface area contributed by atoms with Gasteiger partial charge in [0.2, 0.25) is 5.91 Å². The summed E-state index contributed by atoms with van der Waals surface area (Å²) in [6.07, 6.45) is 1.59. The molecular formula is C28H32N4O2. The van der Waals surface area contributed by atoms with Crippen molar-refractivity contribution in [2.75, 3.05) is 19.0 Å². The number of anilines is 1. The lowest BCUT2D eigenvalue weighted by Crippen LogP contribution is -2.50. The molecule has 0 aromatic heterocycles. The molecule has 3 rings (SSSR count). The van der Waals surface area contributed by atoms with Crippen LogP contribution in [-0.4, -0.2) is 38.2 Å². The predicted octanol–water partition coefficient (Wildman–Crippen LogP) is 4.18. The molecule has 0 aliphatic carbocycles. The minimum atomic E-state index is -0.726. The van der Waals surface area contributed by atoms with Crippen LogP contribution in [0.4, 0.5) is 5.69 Å². The Kier molecular flexibility index (Phi) is 8.57. The van der Waals surface area contributed by atoms with Crippen molar-refractivity contribution in [1.82, 2.24) is 10.7 Å². The fraction of sp³-hybridized carbons (Fsp3) is 0.250. The highest BCUT2D eigenvalue weighted by Crippen LogP contribution is 2.25. The fourth-order valence-electron chi connectivity index (χ4n) is 3.66. The van der Waals surface area contributed by atoms with Gasteiger partial charge in [-0.15, -0.1) is 0 Å². The van der Waals surface area contributed by atoms with Crippen molar-refractivity contribution in [2.24, 2.45) is 11.0 Å². The van der Waals surface area contributed by atoms with Gasteiger partial charge in [-0.05, 0) is 34.7 Å². The van der Waals surface area contributed by atoms with Gasteiger partial charge in [-0.25, -0.2) is 5.43 Å². The molecule has 3 aromatic carbocycles. The van der Waals surface area contributed by atoms with E-state index in [0.717, 1.165) is 22.4 Å². The lowest BCUT2D eigenvalue weighted by atomic mass is 9.89. The Morgan fingerprint density at radius 1 is 0.794 bits per heavy atom. The number of hydrazone groups is 1. The van der Waals surface area contributed by atoms with Crippen LogP contribution in [0.15, 0.2) is 90.0 Å². The lowest BCUT2D eigenvalue weighted by Gasteiger charge is -2.24. The largest absolute Gasteiger partial charge is 0.378 e. The molecule has 0 aliphatic heterocycles. The zero-order valence-corrected chi connectivity index (χ0v) is 20.1. The molecule has 0 radical (unpaired) electrons. The third-order valence-electron chi connectivity index (χ3n) is 5.57. The molecule has 0 heterocycles. The van der Waals surface area contributed by atoms with Gasteiger partial charge in [0.15, 0.2) is 0 Å². The van der Waals surface area contributed by atoms with E-state index in [9.17, 15) is 9.59 Å². The van der Waals surface area contributed by atoms with Gasteiger partial charge in [-0.1, -0.05) is 86.6 Å². The monoisotopic (exact) mass is 456 g/mol. The number of nitrogens with zero attached hydrogens (tertiary/aromatic N) is 2. The summed E-state index contributed by atoms with van der Waals surface area (Å²) in [6.45, 7) is 3.79. The summed E-state index contributed by atoms with van der Waals surface area (Å²) < 4.78 is 0. The average molecular weight is 457 g/mol. The molecule has 0 fully saturated rings. The normalized spacial score (nSPS) is 12.1. The summed E-state index contributed by atoms with van der Waals surface area (Å²) in [5.41, 5.74) is 6.26. The summed E-state index contributed by atoms with van der Waals surface area (Å²) in [6, 6.07) is 26.2. The van der Waals surface area contributed by atoms with Crippen molar-refractivity contribution >= 4 is 23.7 Å². The van der Waals surface area contributed by atoms with Gasteiger partial charge in [-0.2, -0.15) is 5.10 Å². The van der Waals surface area contributed by atoms with Gasteiger partial charge in [0.25, 0.3) is 5.91 Å². The number of carbonyl (C=O) groups is 2. The number of hydrogen-bond donors (Lipinski definition) is 2. The Hall–Kier alpha value is -3.93. The Bertz CT molecular complexity index is 1050. The van der Waals surface area contributed by atoms with Crippen molar-refractivity contribution in [3.05, 3.63) is 102 Å². The highest BCUT2D eigenvalue weighted by molar-refractivity contribution is 5.93. The average Bonchev–Trinajstić information content (AvgIpc) is 2.84. The first kappa shape index (κ1) is 24.7. The second-order valence-electron chi connectivity index (χ2n) is 8.70. The number of benzene rings is 3. The van der Waals surface area contributed by atoms with Gasteiger partial charge < -0.3 is 10.2 Å². The predicted molar refractivity (Wildman–Crippen MR) is 138 cm³/mol. The Balaban J connectivity index is 1.72. The molecule has 0 bridgehead atoms. The number of hydrogen-bond acceptors (Lipinski definition) is 4. The maximum Gasteiger partial charge on any atom is 0.262 e. The molecule has 6 nitrogen and oxygen atoms in total. The van der Waals surface area contributed by atoms with Gasteiger partial charge in [0.1, 0.15) is 6.04 Å². The molecule has 1 atom stereocenters. The Labute approximate surface area is 201 Å². The molecule has 0 saturated heterocycles. The van der Waals surface area contributed by atoms with E-state index in [4.69, 9.17) is 0 Å². The van der Waals surface area contributed by atoms with Crippen LogP contribution in [0.2, 0.25) is 0 Å². The van der Waals surface area contributed by atoms with Gasteiger partial charge in [0, 0.05) is 19.8 Å². The van der Waals surface area contributed by atoms with E-state index in [1.54, 1.807) is 6.21 Å². The molecule has 34 heavy (non-hydrogen) atoms. The molecule has 0 saturated carbocycles. The fourth-order valence-corrected chi connectivity index (χ4v) is 3.66. The smallest absolute Gasteiger partial charge is 0.262 e. The standard InChI is InChI=1S/C28H32N4O2/c1-20(2)26(28(34)31-29-19-21-15-17-24(18-16-21)32(3)4)30-27(33)25(22-11-7-5-8-12-22)23-13-9-6-10-14-23/h5-20,25-26H,1-4H3,(H,30,33)(H,31,34)/b29-19-/t26-/m1/s1. The zero-order valence-electron chi connectivity index (χ0n) is 20.1. The highest BCUT2D eigenvalue weighted by atomic mass is 16.2. The van der Waals surface area contributed by atoms with E-state index >= 15 is 0 Å². The van der Waals surface area contributed by atoms with Crippen molar-refractivity contribution in [1.29, 1.82) is 0 Å². The molecular weight excluding hydrogens is 424 g/mol. The SMILES string of the molecule is CC(C)[C@@H](NC(=O)C(c1ccccc1)c1ccccc1)C(=O)N/N=C\c1ccc(N(C)C)cc1. The van der Waals surface area contributed by atoms with Gasteiger partial charge in [0.05, 0.1) is 12.1 Å². The van der Waals surface area contributed by atoms with Gasteiger partial charge in [-0.3, -0.25) is 9.59 Å². The van der Waals surface area contributed by atoms with Crippen LogP contribution in [0.5, 0.6) is 0 Å². The third-order valence-corrected chi connectivity index (χ3v) is 5.57. The first-order valence-corrected chi connectivity index (χ1v) is 11.4. The maximum atomic E-state index is 13.4. The van der Waals surface area contributed by atoms with Crippen LogP contribution in [0.1, 0.15) is 36.5 Å². The molecule has 0 unspecified atom stereocenters. The number of amides is 2. The minimum Gasteiger partial charge on any atom is -0.378 e. The molecule has 176 valence electrons. The Morgan fingerprint density at radius 2 is 1.32 bits per heavy atom. The van der Waals surface area contributed by atoms with Crippen molar-refractivity contribution < 1.29 is 9.59 Å². The topological polar surface area (TPSA) is 73.8 Å². The van der Waals surface area contributed by atoms with Gasteiger partial charge >= 0.3 is 0 Å². The van der Waals surface area contributed by atoms with E-state index in [1.807, 2.05) is 118 Å². The van der Waals surface area contributed by atoms with Crippen molar-refractivity contribution in [2.45, 2.75) is 25.8 Å². The molecule has 3 aromatic rings. The molecule has 0 aliphatic rings. The first-order chi connectivity index (χ1) is 16.4. The van der Waals surface area contributed by atoms with Crippen LogP contribution in [0.3, 0.4) is 0 Å². The van der Waals surface area contributed by atoms with E-state index < -0.39 is 12.0 Å². The number of rotatable bonds is 9. The second kappa shape index (κ2) is 11.8. The van der Waals surface area contributed by atoms with Crippen LogP contribution in [-0.2, 0) is 9.59 Å². The summed E-state index contributed by atoms with van der Waals surface area (Å²) in [4.78, 5) is 28.3. The Morgan fingerprint density at radius 3 is 1.79 bits per heavy atom. The van der Waals surface area contributed by atoms with E-state index in [1.165, 1.54) is 0 Å². The summed E-state index contributed by atoms with van der Waals surface area (Å²) >= 11 is 0. The summed E-state index contributed by atoms with van der Waals surface area (Å²) in [5.74, 6) is -1.22. The zero-order chi connectivity index (χ0) is 24.5. The molecule has 2 amide bonds. The first-order valence-electron chi connectivity index (χ1n) is 11.4. The maximum absolute atomic E-state index is 13.4. The second-order valence-corrected chi connectivity index (χ2v) is 8.70. The number of carbonyl (C=O) groups excluding carboxylic acids is 2. The molecule has 2 N–H and O–H groups in total. The molecule has 6 heteroatoms. The van der Waals surface area contributed by atoms with Crippen LogP contribution < -0.4 is 15.6 Å². The lowest BCUT2D eigenvalue weighted by molar-refractivity contribution is -0.130.